The lowest BCUT2D eigenvalue weighted by molar-refractivity contribution is -0.384. The van der Waals surface area contributed by atoms with E-state index in [4.69, 9.17) is 9.47 Å². The number of nitrogens with one attached hydrogen (secondary N) is 1. The van der Waals surface area contributed by atoms with Gasteiger partial charge in [-0.3, -0.25) is 14.9 Å². The Morgan fingerprint density at radius 3 is 2.25 bits per heavy atom. The molecular weight excluding hydrogens is 364 g/mol. The maximum atomic E-state index is 12.0. The van der Waals surface area contributed by atoms with E-state index < -0.39 is 23.4 Å². The maximum absolute atomic E-state index is 12.0. The van der Waals surface area contributed by atoms with Gasteiger partial charge in [0.2, 0.25) is 0 Å². The van der Waals surface area contributed by atoms with Crippen molar-refractivity contribution in [3.63, 3.8) is 0 Å². The molecule has 1 amide bonds. The summed E-state index contributed by atoms with van der Waals surface area (Å²) < 4.78 is 10.2. The van der Waals surface area contributed by atoms with Gasteiger partial charge in [-0.1, -0.05) is 6.07 Å². The first kappa shape index (κ1) is 20.9. The van der Waals surface area contributed by atoms with E-state index >= 15 is 0 Å². The van der Waals surface area contributed by atoms with Crippen molar-refractivity contribution in [2.75, 3.05) is 18.5 Å². The Hall–Kier alpha value is -3.42. The highest BCUT2D eigenvalue weighted by molar-refractivity contribution is 5.95. The SMILES string of the molecule is Cc1ccc(OCC(=O)OCC(=O)Nc2cc(C)c(C)cc2[N+](=O)[O-])cc1C. The largest absolute Gasteiger partial charge is 0.482 e. The zero-order valence-corrected chi connectivity index (χ0v) is 16.2. The van der Waals surface area contributed by atoms with Crippen molar-refractivity contribution in [2.45, 2.75) is 27.7 Å². The molecule has 28 heavy (non-hydrogen) atoms. The number of benzene rings is 2. The number of esters is 1. The molecule has 0 unspecified atom stereocenters. The van der Waals surface area contributed by atoms with E-state index in [1.807, 2.05) is 19.9 Å². The summed E-state index contributed by atoms with van der Waals surface area (Å²) in [4.78, 5) is 34.3. The average molecular weight is 386 g/mol. The number of carbonyl (C=O) groups is 2. The molecule has 0 aromatic heterocycles. The molecule has 0 fully saturated rings. The first-order valence-corrected chi connectivity index (χ1v) is 8.58. The summed E-state index contributed by atoms with van der Waals surface area (Å²) >= 11 is 0. The van der Waals surface area contributed by atoms with Crippen LogP contribution in [0, 0.1) is 37.8 Å². The van der Waals surface area contributed by atoms with Crippen molar-refractivity contribution >= 4 is 23.3 Å². The van der Waals surface area contributed by atoms with E-state index in [0.29, 0.717) is 5.75 Å². The molecule has 0 heterocycles. The van der Waals surface area contributed by atoms with Crippen molar-refractivity contribution in [3.8, 4) is 5.75 Å². The van der Waals surface area contributed by atoms with Gasteiger partial charge < -0.3 is 14.8 Å². The van der Waals surface area contributed by atoms with Gasteiger partial charge in [-0.25, -0.2) is 4.79 Å². The van der Waals surface area contributed by atoms with Gasteiger partial charge in [0.1, 0.15) is 11.4 Å². The zero-order valence-electron chi connectivity index (χ0n) is 16.2. The summed E-state index contributed by atoms with van der Waals surface area (Å²) in [5.41, 5.74) is 3.49. The summed E-state index contributed by atoms with van der Waals surface area (Å²) in [6, 6.07) is 8.31. The van der Waals surface area contributed by atoms with Crippen LogP contribution in [0.4, 0.5) is 11.4 Å². The van der Waals surface area contributed by atoms with Gasteiger partial charge in [0, 0.05) is 6.07 Å². The van der Waals surface area contributed by atoms with Crippen LogP contribution in [0.1, 0.15) is 22.3 Å². The van der Waals surface area contributed by atoms with Crippen molar-refractivity contribution in [1.82, 2.24) is 0 Å². The summed E-state index contributed by atoms with van der Waals surface area (Å²) in [5, 5.41) is 13.6. The number of amides is 1. The topological polar surface area (TPSA) is 108 Å². The standard InChI is InChI=1S/C20H22N2O6/c1-12-5-6-16(7-13(12)2)27-11-20(24)28-10-19(23)21-17-8-14(3)15(4)9-18(17)22(25)26/h5-9H,10-11H2,1-4H3,(H,21,23). The quantitative estimate of drug-likeness (QED) is 0.444. The number of anilines is 1. The Morgan fingerprint density at radius 1 is 0.964 bits per heavy atom. The third-order valence-electron chi connectivity index (χ3n) is 4.28. The Balaban J connectivity index is 1.88. The second kappa shape index (κ2) is 8.98. The summed E-state index contributed by atoms with van der Waals surface area (Å²) in [5.74, 6) is -0.871. The molecule has 0 aliphatic heterocycles. The van der Waals surface area contributed by atoms with Crippen LogP contribution in [0.25, 0.3) is 0 Å². The molecule has 8 heteroatoms. The minimum Gasteiger partial charge on any atom is -0.482 e. The molecule has 148 valence electrons. The predicted octanol–water partition coefficient (Wildman–Crippen LogP) is 3.39. The third-order valence-corrected chi connectivity index (χ3v) is 4.28. The highest BCUT2D eigenvalue weighted by atomic mass is 16.6. The lowest BCUT2D eigenvalue weighted by atomic mass is 10.1. The number of carbonyl (C=O) groups excluding carboxylic acids is 2. The summed E-state index contributed by atoms with van der Waals surface area (Å²) in [7, 11) is 0. The Kier molecular flexibility index (Phi) is 6.70. The van der Waals surface area contributed by atoms with Gasteiger partial charge in [-0.2, -0.15) is 0 Å². The number of aryl methyl sites for hydroxylation is 4. The molecule has 1 N–H and O–H groups in total. The van der Waals surface area contributed by atoms with Crippen molar-refractivity contribution in [2.24, 2.45) is 0 Å². The number of nitrogens with zero attached hydrogens (tertiary/aromatic N) is 1. The number of ether oxygens (including phenoxy) is 2. The van der Waals surface area contributed by atoms with Crippen LogP contribution in [0.5, 0.6) is 5.75 Å². The molecule has 8 nitrogen and oxygen atoms in total. The van der Waals surface area contributed by atoms with Crippen LogP contribution in [-0.4, -0.2) is 30.0 Å². The minimum absolute atomic E-state index is 0.0560. The molecule has 0 saturated carbocycles. The maximum Gasteiger partial charge on any atom is 0.344 e. The molecule has 0 spiro atoms. The van der Waals surface area contributed by atoms with Gasteiger partial charge in [0.15, 0.2) is 13.2 Å². The fraction of sp³-hybridized carbons (Fsp3) is 0.300. The molecule has 0 radical (unpaired) electrons. The molecule has 2 aromatic carbocycles. The van der Waals surface area contributed by atoms with Crippen LogP contribution in [-0.2, 0) is 14.3 Å². The van der Waals surface area contributed by atoms with E-state index in [1.54, 1.807) is 26.0 Å². The van der Waals surface area contributed by atoms with Crippen molar-refractivity contribution in [3.05, 3.63) is 62.7 Å². The molecule has 0 bridgehead atoms. The van der Waals surface area contributed by atoms with Crippen LogP contribution in [0.2, 0.25) is 0 Å². The first-order valence-electron chi connectivity index (χ1n) is 8.58. The van der Waals surface area contributed by atoms with E-state index in [1.165, 1.54) is 12.1 Å². The van der Waals surface area contributed by atoms with Gasteiger partial charge in [0.05, 0.1) is 4.92 Å². The van der Waals surface area contributed by atoms with Crippen LogP contribution < -0.4 is 10.1 Å². The summed E-state index contributed by atoms with van der Waals surface area (Å²) in [6.07, 6.45) is 0. The smallest absolute Gasteiger partial charge is 0.344 e. The lowest BCUT2D eigenvalue weighted by Crippen LogP contribution is -2.24. The Bertz CT molecular complexity index is 923. The van der Waals surface area contributed by atoms with E-state index in [-0.39, 0.29) is 18.0 Å². The van der Waals surface area contributed by atoms with Crippen LogP contribution >= 0.6 is 0 Å². The highest BCUT2D eigenvalue weighted by Crippen LogP contribution is 2.27. The zero-order chi connectivity index (χ0) is 20.8. The van der Waals surface area contributed by atoms with Gasteiger partial charge in [-0.15, -0.1) is 0 Å². The second-order valence-electron chi connectivity index (χ2n) is 6.45. The van der Waals surface area contributed by atoms with Crippen LogP contribution in [0.3, 0.4) is 0 Å². The first-order chi connectivity index (χ1) is 13.2. The predicted molar refractivity (Wildman–Crippen MR) is 104 cm³/mol. The molecular formula is C20H22N2O6. The molecule has 2 aromatic rings. The highest BCUT2D eigenvalue weighted by Gasteiger charge is 2.18. The number of hydrogen-bond acceptors (Lipinski definition) is 6. The lowest BCUT2D eigenvalue weighted by Gasteiger charge is -2.10. The molecule has 0 atom stereocenters. The Morgan fingerprint density at radius 2 is 1.61 bits per heavy atom. The molecule has 0 saturated heterocycles. The van der Waals surface area contributed by atoms with Crippen molar-refractivity contribution in [1.29, 1.82) is 0 Å². The van der Waals surface area contributed by atoms with E-state index in [2.05, 4.69) is 5.32 Å². The van der Waals surface area contributed by atoms with Crippen molar-refractivity contribution < 1.29 is 24.0 Å². The number of nitro groups is 1. The van der Waals surface area contributed by atoms with Crippen LogP contribution in [0.15, 0.2) is 30.3 Å². The Labute approximate surface area is 162 Å². The molecule has 0 aliphatic carbocycles. The normalized spacial score (nSPS) is 10.3. The monoisotopic (exact) mass is 386 g/mol. The van der Waals surface area contributed by atoms with E-state index in [9.17, 15) is 19.7 Å². The number of rotatable bonds is 7. The van der Waals surface area contributed by atoms with Gasteiger partial charge in [-0.05, 0) is 68.1 Å². The number of nitro benzene ring substituents is 1. The van der Waals surface area contributed by atoms with Gasteiger partial charge >= 0.3 is 5.97 Å². The van der Waals surface area contributed by atoms with E-state index in [0.717, 1.165) is 22.3 Å². The third kappa shape index (κ3) is 5.54. The fourth-order valence-electron chi connectivity index (χ4n) is 2.37. The average Bonchev–Trinajstić information content (AvgIpc) is 2.63. The number of hydrogen-bond donors (Lipinski definition) is 1. The summed E-state index contributed by atoms with van der Waals surface area (Å²) in [6.45, 7) is 6.49. The second-order valence-corrected chi connectivity index (χ2v) is 6.45. The minimum atomic E-state index is -0.719. The van der Waals surface area contributed by atoms with Gasteiger partial charge in [0.25, 0.3) is 11.6 Å². The fourth-order valence-corrected chi connectivity index (χ4v) is 2.37. The molecule has 2 rings (SSSR count). The molecule has 0 aliphatic rings.